The number of H-pyrrole nitrogens is 1. The van der Waals surface area contributed by atoms with Gasteiger partial charge in [-0.15, -0.1) is 11.3 Å². The van der Waals surface area contributed by atoms with E-state index in [0.29, 0.717) is 19.6 Å². The number of nitrogens with one attached hydrogen (secondary N) is 1. The Labute approximate surface area is 213 Å². The number of benzene rings is 1. The second kappa shape index (κ2) is 8.94. The quantitative estimate of drug-likeness (QED) is 0.217. The lowest BCUT2D eigenvalue weighted by Crippen LogP contribution is -2.37. The lowest BCUT2D eigenvalue weighted by molar-refractivity contribution is -0.171. The number of rotatable bonds is 7. The van der Waals surface area contributed by atoms with E-state index in [2.05, 4.69) is 37.5 Å². The van der Waals surface area contributed by atoms with E-state index in [1.54, 1.807) is 31.5 Å². The van der Waals surface area contributed by atoms with Crippen LogP contribution in [0.1, 0.15) is 29.8 Å². The summed E-state index contributed by atoms with van der Waals surface area (Å²) < 4.78 is 54.5. The number of thiazole rings is 1. The molecule has 3 aromatic heterocycles. The number of nitrogens with zero attached hydrogens (tertiary/aromatic N) is 2. The number of halogens is 2. The number of hydrogen-bond acceptors (Lipinski definition) is 7. The van der Waals surface area contributed by atoms with E-state index >= 15 is 4.39 Å². The minimum Gasteiger partial charge on any atom is -0.359 e. The van der Waals surface area contributed by atoms with E-state index in [1.807, 2.05) is 6.92 Å². The second-order valence-electron chi connectivity index (χ2n) is 8.23. The van der Waals surface area contributed by atoms with Gasteiger partial charge in [-0.2, -0.15) is 0 Å². The molecule has 1 fully saturated rings. The maximum absolute atomic E-state index is 16.0. The molecule has 0 spiro atoms. The summed E-state index contributed by atoms with van der Waals surface area (Å²) in [5.41, 5.74) is 0.820. The van der Waals surface area contributed by atoms with Gasteiger partial charge in [0.2, 0.25) is 9.84 Å². The molecule has 5 rings (SSSR count). The fourth-order valence-electron chi connectivity index (χ4n) is 4.00. The van der Waals surface area contributed by atoms with Crippen LogP contribution >= 0.6 is 33.9 Å². The number of methoxy groups -OCH3 is 1. The summed E-state index contributed by atoms with van der Waals surface area (Å²) in [6.45, 7) is 1.99. The molecule has 1 aliphatic carbocycles. The molecule has 0 unspecified atom stereocenters. The summed E-state index contributed by atoms with van der Waals surface area (Å²) in [7, 11) is -2.63. The minimum absolute atomic E-state index is 0.0116. The fourth-order valence-corrected chi connectivity index (χ4v) is 7.01. The smallest absolute Gasteiger partial charge is 0.226 e. The molecule has 1 aromatic carbocycles. The monoisotopic (exact) mass is 613 g/mol. The van der Waals surface area contributed by atoms with Gasteiger partial charge in [0, 0.05) is 24.3 Å². The van der Waals surface area contributed by atoms with Crippen LogP contribution in [0.25, 0.3) is 21.5 Å². The summed E-state index contributed by atoms with van der Waals surface area (Å²) in [4.78, 5) is 12.3. The Balaban J connectivity index is 1.67. The zero-order valence-corrected chi connectivity index (χ0v) is 22.2. The van der Waals surface area contributed by atoms with Gasteiger partial charge >= 0.3 is 0 Å². The Kier molecular flexibility index (Phi) is 6.25. The van der Waals surface area contributed by atoms with Crippen molar-refractivity contribution < 1.29 is 22.3 Å². The van der Waals surface area contributed by atoms with E-state index < -0.39 is 26.3 Å². The van der Waals surface area contributed by atoms with Crippen LogP contribution < -0.4 is 0 Å². The van der Waals surface area contributed by atoms with Crippen molar-refractivity contribution in [2.45, 2.75) is 41.7 Å². The molecule has 4 aromatic rings. The second-order valence-corrected chi connectivity index (χ2v) is 12.3. The van der Waals surface area contributed by atoms with Crippen molar-refractivity contribution in [3.63, 3.8) is 0 Å². The highest BCUT2D eigenvalue weighted by Crippen LogP contribution is 2.48. The first-order valence-corrected chi connectivity index (χ1v) is 13.9. The highest BCUT2D eigenvalue weighted by atomic mass is 127. The molecular formula is C23H21FIN3O4S2. The van der Waals surface area contributed by atoms with Crippen LogP contribution in [0.2, 0.25) is 0 Å². The normalized spacial score (nSPS) is 15.5. The predicted octanol–water partition coefficient (Wildman–Crippen LogP) is 5.57. The molecule has 0 radical (unpaired) electrons. The van der Waals surface area contributed by atoms with Crippen LogP contribution in [0.15, 0.2) is 46.5 Å². The Morgan fingerprint density at radius 1 is 1.26 bits per heavy atom. The molecule has 1 aliphatic rings. The molecule has 0 aliphatic heterocycles. The maximum Gasteiger partial charge on any atom is 0.226 e. The molecule has 11 heteroatoms. The van der Waals surface area contributed by atoms with Crippen molar-refractivity contribution in [2.75, 3.05) is 13.9 Å². The summed E-state index contributed by atoms with van der Waals surface area (Å²) in [6.07, 6.45) is 4.18. The Bertz CT molecular complexity index is 1480. The summed E-state index contributed by atoms with van der Waals surface area (Å²) >= 11 is 3.37. The van der Waals surface area contributed by atoms with Crippen molar-refractivity contribution in [1.82, 2.24) is 15.0 Å². The number of aryl methyl sites for hydroxylation is 1. The molecule has 0 bridgehead atoms. The Hall–Kier alpha value is -1.93. The zero-order valence-electron chi connectivity index (χ0n) is 18.4. The Morgan fingerprint density at radius 3 is 2.65 bits per heavy atom. The topological polar surface area (TPSA) is 94.2 Å². The largest absolute Gasteiger partial charge is 0.359 e. The van der Waals surface area contributed by atoms with Crippen LogP contribution in [0.4, 0.5) is 4.39 Å². The minimum atomic E-state index is -4.19. The van der Waals surface area contributed by atoms with E-state index in [4.69, 9.17) is 9.47 Å². The van der Waals surface area contributed by atoms with Crippen LogP contribution in [0.3, 0.4) is 0 Å². The third-order valence-electron chi connectivity index (χ3n) is 6.00. The lowest BCUT2D eigenvalue weighted by atomic mass is 9.80. The number of sulfone groups is 1. The van der Waals surface area contributed by atoms with Gasteiger partial charge in [-0.25, -0.2) is 22.8 Å². The summed E-state index contributed by atoms with van der Waals surface area (Å²) in [6, 6.07) is 8.03. The first-order chi connectivity index (χ1) is 16.2. The van der Waals surface area contributed by atoms with Gasteiger partial charge in [-0.05, 0) is 67.0 Å². The number of fused-ring (bicyclic) bond motifs is 1. The number of aromatic nitrogens is 3. The molecule has 7 nitrogen and oxygen atoms in total. The molecule has 0 amide bonds. The number of hydrogen-bond donors (Lipinski definition) is 1. The Morgan fingerprint density at radius 2 is 2.00 bits per heavy atom. The predicted molar refractivity (Wildman–Crippen MR) is 135 cm³/mol. The molecule has 178 valence electrons. The van der Waals surface area contributed by atoms with E-state index in [-0.39, 0.29) is 17.3 Å². The van der Waals surface area contributed by atoms with Crippen molar-refractivity contribution in [3.05, 3.63) is 56.6 Å². The van der Waals surface area contributed by atoms with E-state index in [0.717, 1.165) is 29.8 Å². The lowest BCUT2D eigenvalue weighted by Gasteiger charge is -2.39. The van der Waals surface area contributed by atoms with Gasteiger partial charge in [-0.3, -0.25) is 0 Å². The molecule has 0 saturated heterocycles. The van der Waals surface area contributed by atoms with Crippen molar-refractivity contribution >= 4 is 54.8 Å². The first-order valence-electron chi connectivity index (χ1n) is 10.5. The first kappa shape index (κ1) is 23.8. The molecule has 34 heavy (non-hydrogen) atoms. The third-order valence-corrected chi connectivity index (χ3v) is 9.45. The van der Waals surface area contributed by atoms with E-state index in [9.17, 15) is 8.42 Å². The summed E-state index contributed by atoms with van der Waals surface area (Å²) in [5, 5.41) is 0.616. The maximum atomic E-state index is 16.0. The number of aromatic amines is 1. The van der Waals surface area contributed by atoms with Gasteiger partial charge in [0.15, 0.2) is 10.8 Å². The van der Waals surface area contributed by atoms with Gasteiger partial charge in [0.05, 0.1) is 13.5 Å². The van der Waals surface area contributed by atoms with Gasteiger partial charge in [-0.1, -0.05) is 17.7 Å². The average Bonchev–Trinajstić information content (AvgIpc) is 3.39. The van der Waals surface area contributed by atoms with Gasteiger partial charge < -0.3 is 14.5 Å². The highest BCUT2D eigenvalue weighted by Gasteiger charge is 2.43. The molecule has 3 heterocycles. The fraction of sp³-hybridized carbons (Fsp3) is 0.304. The molecule has 1 N–H and O–H groups in total. The zero-order chi connectivity index (χ0) is 24.1. The van der Waals surface area contributed by atoms with Gasteiger partial charge in [0.25, 0.3) is 0 Å². The average molecular weight is 613 g/mol. The SMILES string of the molecule is COCOC1(c2ncc(-c3c(F)c(S(=O)(=O)c4ccc(C)cc4)nc4[nH]c(I)cc34)s2)CCC1. The van der Waals surface area contributed by atoms with Gasteiger partial charge in [0.1, 0.15) is 23.0 Å². The molecular weight excluding hydrogens is 592 g/mol. The third kappa shape index (κ3) is 3.96. The van der Waals surface area contributed by atoms with Crippen LogP contribution in [-0.4, -0.2) is 37.3 Å². The standard InChI is InChI=1S/C23H21FIN3O4S2/c1-13-4-6-14(7-5-13)34(29,30)21-19(24)18(15-10-17(25)27-20(15)28-21)16-11-26-22(33-16)23(8-3-9-23)32-12-31-2/h4-7,10-11H,3,8-9,12H2,1-2H3,(H,27,28). The summed E-state index contributed by atoms with van der Waals surface area (Å²) in [5.74, 6) is -0.890. The van der Waals surface area contributed by atoms with Crippen molar-refractivity contribution in [3.8, 4) is 10.4 Å². The van der Waals surface area contributed by atoms with Crippen molar-refractivity contribution in [2.24, 2.45) is 0 Å². The van der Waals surface area contributed by atoms with Crippen molar-refractivity contribution in [1.29, 1.82) is 0 Å². The molecule has 0 atom stereocenters. The number of ether oxygens (including phenoxy) is 2. The van der Waals surface area contributed by atoms with Crippen LogP contribution in [0.5, 0.6) is 0 Å². The van der Waals surface area contributed by atoms with Crippen LogP contribution in [-0.2, 0) is 24.9 Å². The van der Waals surface area contributed by atoms with Crippen LogP contribution in [0, 0.1) is 16.4 Å². The molecule has 1 saturated carbocycles. The number of pyridine rings is 1. The van der Waals surface area contributed by atoms with E-state index in [1.165, 1.54) is 23.5 Å². The highest BCUT2D eigenvalue weighted by molar-refractivity contribution is 14.1.